The van der Waals surface area contributed by atoms with Crippen molar-refractivity contribution in [3.05, 3.63) is 0 Å². The molecule has 0 aromatic rings. The van der Waals surface area contributed by atoms with Gasteiger partial charge in [-0.25, -0.2) is 4.79 Å². The number of nitrogens with zero attached hydrogens (tertiary/aromatic N) is 2. The van der Waals surface area contributed by atoms with Crippen molar-refractivity contribution in [3.63, 3.8) is 0 Å². The van der Waals surface area contributed by atoms with Gasteiger partial charge in [0.05, 0.1) is 12.6 Å². The minimum absolute atomic E-state index is 0.0974. The Morgan fingerprint density at radius 2 is 2.09 bits per heavy atom. The SMILES string of the molecule is CCCC(=O)CNC(=O)[C@@H]1CC[C@@H]2CN1C(=O)N2OS(=O)(=O)O. The van der Waals surface area contributed by atoms with Gasteiger partial charge in [0.25, 0.3) is 0 Å². The number of hydroxylamine groups is 2. The van der Waals surface area contributed by atoms with Gasteiger partial charge in [0.2, 0.25) is 5.91 Å². The molecule has 0 aliphatic carbocycles. The van der Waals surface area contributed by atoms with E-state index >= 15 is 0 Å². The number of ketones is 1. The van der Waals surface area contributed by atoms with Gasteiger partial charge in [-0.1, -0.05) is 6.92 Å². The van der Waals surface area contributed by atoms with Gasteiger partial charge in [0.15, 0.2) is 5.78 Å². The number of fused-ring (bicyclic) bond motifs is 2. The molecule has 2 aliphatic heterocycles. The monoisotopic (exact) mass is 349 g/mol. The van der Waals surface area contributed by atoms with E-state index in [1.54, 1.807) is 0 Å². The minimum atomic E-state index is -4.81. The van der Waals surface area contributed by atoms with E-state index in [4.69, 9.17) is 4.55 Å². The van der Waals surface area contributed by atoms with E-state index in [0.717, 1.165) is 0 Å². The lowest BCUT2D eigenvalue weighted by Crippen LogP contribution is -2.50. The molecule has 2 fully saturated rings. The maximum atomic E-state index is 12.1. The van der Waals surface area contributed by atoms with Crippen molar-refractivity contribution >= 4 is 28.1 Å². The third-order valence-corrected chi connectivity index (χ3v) is 4.14. The van der Waals surface area contributed by atoms with Gasteiger partial charge < -0.3 is 10.2 Å². The van der Waals surface area contributed by atoms with E-state index < -0.39 is 34.4 Å². The predicted octanol–water partition coefficient (Wildman–Crippen LogP) is -0.525. The summed E-state index contributed by atoms with van der Waals surface area (Å²) in [5, 5.41) is 3.07. The Labute approximate surface area is 133 Å². The molecule has 2 rings (SSSR count). The molecule has 2 aliphatic rings. The molecule has 0 aromatic heterocycles. The molecular formula is C12H19N3O7S. The van der Waals surface area contributed by atoms with Crippen molar-refractivity contribution in [2.75, 3.05) is 13.1 Å². The van der Waals surface area contributed by atoms with E-state index in [2.05, 4.69) is 9.60 Å². The Hall–Kier alpha value is -1.72. The molecule has 2 heterocycles. The first-order chi connectivity index (χ1) is 10.7. The summed E-state index contributed by atoms with van der Waals surface area (Å²) in [7, 11) is -4.81. The number of hydrogen-bond donors (Lipinski definition) is 2. The van der Waals surface area contributed by atoms with Crippen molar-refractivity contribution in [1.82, 2.24) is 15.3 Å². The summed E-state index contributed by atoms with van der Waals surface area (Å²) in [6.45, 7) is 1.88. The summed E-state index contributed by atoms with van der Waals surface area (Å²) in [5.41, 5.74) is 0. The zero-order chi connectivity index (χ0) is 17.2. The molecule has 23 heavy (non-hydrogen) atoms. The molecule has 0 spiro atoms. The first kappa shape index (κ1) is 17.6. The molecule has 0 aromatic carbocycles. The summed E-state index contributed by atoms with van der Waals surface area (Å²) >= 11 is 0. The van der Waals surface area contributed by atoms with Gasteiger partial charge in [-0.2, -0.15) is 13.5 Å². The fourth-order valence-corrected chi connectivity index (χ4v) is 3.16. The second-order valence-electron chi connectivity index (χ2n) is 5.52. The molecule has 0 unspecified atom stereocenters. The molecule has 2 saturated heterocycles. The number of amides is 3. The molecule has 3 amide bonds. The fraction of sp³-hybridized carbons (Fsp3) is 0.750. The average Bonchev–Trinajstić information content (AvgIpc) is 2.69. The van der Waals surface area contributed by atoms with Gasteiger partial charge in [-0.3, -0.25) is 14.1 Å². The van der Waals surface area contributed by atoms with Crippen LogP contribution in [0.25, 0.3) is 0 Å². The molecule has 130 valence electrons. The zero-order valence-electron chi connectivity index (χ0n) is 12.6. The highest BCUT2D eigenvalue weighted by atomic mass is 32.3. The standard InChI is InChI=1S/C12H19N3O7S/c1-2-3-9(16)6-13-11(17)10-5-4-8-7-14(10)12(18)15(8)22-23(19,20)21/h8,10H,2-7H2,1H3,(H,13,17)(H,19,20,21)/t8-,10+/m1/s1. The lowest BCUT2D eigenvalue weighted by atomic mass is 10.0. The number of carbonyl (C=O) groups is 3. The van der Waals surface area contributed by atoms with E-state index in [1.165, 1.54) is 4.90 Å². The van der Waals surface area contributed by atoms with Gasteiger partial charge in [0, 0.05) is 13.0 Å². The van der Waals surface area contributed by atoms with Gasteiger partial charge >= 0.3 is 16.4 Å². The van der Waals surface area contributed by atoms with Crippen LogP contribution in [0.1, 0.15) is 32.6 Å². The molecule has 0 radical (unpaired) electrons. The van der Waals surface area contributed by atoms with Gasteiger partial charge in [-0.05, 0) is 19.3 Å². The summed E-state index contributed by atoms with van der Waals surface area (Å²) in [6.07, 6.45) is 1.71. The number of urea groups is 1. The number of Topliss-reactive ketones (excluding diaryl/α,β-unsaturated/α-hetero) is 1. The van der Waals surface area contributed by atoms with Gasteiger partial charge in [-0.15, -0.1) is 4.28 Å². The Balaban J connectivity index is 1.98. The van der Waals surface area contributed by atoms with Crippen LogP contribution in [-0.2, 0) is 24.3 Å². The molecular weight excluding hydrogens is 330 g/mol. The number of nitrogens with one attached hydrogen (secondary N) is 1. The average molecular weight is 349 g/mol. The number of piperidine rings is 1. The van der Waals surface area contributed by atoms with Crippen LogP contribution in [0.15, 0.2) is 0 Å². The van der Waals surface area contributed by atoms with Crippen LogP contribution in [0, 0.1) is 0 Å². The maximum absolute atomic E-state index is 12.1. The van der Waals surface area contributed by atoms with Gasteiger partial charge in [0.1, 0.15) is 6.04 Å². The minimum Gasteiger partial charge on any atom is -0.347 e. The third kappa shape index (κ3) is 4.18. The van der Waals surface area contributed by atoms with Crippen LogP contribution in [0.2, 0.25) is 0 Å². The van der Waals surface area contributed by atoms with Crippen LogP contribution in [-0.4, -0.2) is 65.8 Å². The molecule has 10 nitrogen and oxygen atoms in total. The predicted molar refractivity (Wildman–Crippen MR) is 76.3 cm³/mol. The number of hydrogen-bond acceptors (Lipinski definition) is 6. The van der Waals surface area contributed by atoms with E-state index in [9.17, 15) is 22.8 Å². The quantitative estimate of drug-likeness (QED) is 0.590. The van der Waals surface area contributed by atoms with E-state index in [0.29, 0.717) is 30.7 Å². The highest BCUT2D eigenvalue weighted by Gasteiger charge is 2.49. The Morgan fingerprint density at radius 3 is 2.70 bits per heavy atom. The fourth-order valence-electron chi connectivity index (χ4n) is 2.77. The van der Waals surface area contributed by atoms with E-state index in [1.807, 2.05) is 6.92 Å². The van der Waals surface area contributed by atoms with Crippen LogP contribution < -0.4 is 5.32 Å². The normalized spacial score (nSPS) is 24.0. The van der Waals surface area contributed by atoms with Crippen molar-refractivity contribution in [3.8, 4) is 0 Å². The summed E-state index contributed by atoms with van der Waals surface area (Å²) in [5.74, 6) is -0.562. The van der Waals surface area contributed by atoms with Crippen LogP contribution in [0.5, 0.6) is 0 Å². The Morgan fingerprint density at radius 1 is 1.39 bits per heavy atom. The molecule has 2 bridgehead atoms. The third-order valence-electron chi connectivity index (χ3n) is 3.79. The first-order valence-corrected chi connectivity index (χ1v) is 8.65. The number of rotatable bonds is 7. The largest absolute Gasteiger partial charge is 0.418 e. The summed E-state index contributed by atoms with van der Waals surface area (Å²) in [6, 6.07) is -2.14. The van der Waals surface area contributed by atoms with Crippen LogP contribution in [0.3, 0.4) is 0 Å². The molecule has 11 heteroatoms. The smallest absolute Gasteiger partial charge is 0.347 e. The Bertz CT molecular complexity index is 606. The lowest BCUT2D eigenvalue weighted by molar-refractivity contribution is -0.128. The number of carbonyl (C=O) groups excluding carboxylic acids is 3. The summed E-state index contributed by atoms with van der Waals surface area (Å²) in [4.78, 5) is 36.9. The van der Waals surface area contributed by atoms with Crippen LogP contribution >= 0.6 is 0 Å². The molecule has 0 saturated carbocycles. The highest BCUT2D eigenvalue weighted by molar-refractivity contribution is 7.80. The second kappa shape index (κ2) is 6.81. The molecule has 2 N–H and O–H groups in total. The molecule has 2 atom stereocenters. The van der Waals surface area contributed by atoms with Crippen LogP contribution in [0.4, 0.5) is 4.79 Å². The first-order valence-electron chi connectivity index (χ1n) is 7.29. The van der Waals surface area contributed by atoms with Crippen molar-refractivity contribution in [2.24, 2.45) is 0 Å². The Kier molecular flexibility index (Phi) is 5.22. The lowest BCUT2D eigenvalue weighted by Gasteiger charge is -2.29. The van der Waals surface area contributed by atoms with Crippen molar-refractivity contribution in [1.29, 1.82) is 0 Å². The van der Waals surface area contributed by atoms with Crippen molar-refractivity contribution < 1.29 is 31.6 Å². The van der Waals surface area contributed by atoms with E-state index in [-0.39, 0.29) is 18.9 Å². The second-order valence-corrected chi connectivity index (χ2v) is 6.52. The summed E-state index contributed by atoms with van der Waals surface area (Å²) < 4.78 is 34.5. The zero-order valence-corrected chi connectivity index (χ0v) is 13.4. The topological polar surface area (TPSA) is 133 Å². The maximum Gasteiger partial charge on any atom is 0.418 e. The van der Waals surface area contributed by atoms with Crippen molar-refractivity contribution in [2.45, 2.75) is 44.7 Å². The highest BCUT2D eigenvalue weighted by Crippen LogP contribution is 2.30.